The number of pyridine rings is 1. The number of fused-ring (bicyclic) bond motifs is 1. The van der Waals surface area contributed by atoms with Crippen molar-refractivity contribution in [2.24, 2.45) is 0 Å². The number of nitrogens with zero attached hydrogens (tertiary/aromatic N) is 3. The van der Waals surface area contributed by atoms with Crippen LogP contribution in [-0.2, 0) is 14.8 Å². The van der Waals surface area contributed by atoms with Crippen LogP contribution < -0.4 is 4.74 Å². The normalized spacial score (nSPS) is 15.4. The van der Waals surface area contributed by atoms with Crippen molar-refractivity contribution < 1.29 is 17.9 Å². The van der Waals surface area contributed by atoms with E-state index in [1.807, 2.05) is 19.9 Å². The Kier molecular flexibility index (Phi) is 6.20. The van der Waals surface area contributed by atoms with E-state index in [1.165, 1.54) is 15.6 Å². The number of thiophene rings is 1. The molecule has 1 saturated heterocycles. The molecule has 10 heteroatoms. The third kappa shape index (κ3) is 4.41. The van der Waals surface area contributed by atoms with E-state index in [-0.39, 0.29) is 25.6 Å². The van der Waals surface area contributed by atoms with Crippen LogP contribution >= 0.6 is 22.9 Å². The molecule has 0 atom stereocenters. The number of halogens is 1. The third-order valence-electron chi connectivity index (χ3n) is 5.24. The van der Waals surface area contributed by atoms with E-state index in [2.05, 4.69) is 4.98 Å². The fourth-order valence-electron chi connectivity index (χ4n) is 3.64. The summed E-state index contributed by atoms with van der Waals surface area (Å²) in [6.45, 7) is 4.72. The van der Waals surface area contributed by atoms with Crippen molar-refractivity contribution in [3.63, 3.8) is 0 Å². The molecule has 164 valence electrons. The molecule has 1 amide bonds. The highest BCUT2D eigenvalue weighted by atomic mass is 35.5. The topological polar surface area (TPSA) is 79.8 Å². The second-order valence-electron chi connectivity index (χ2n) is 7.30. The minimum atomic E-state index is -3.55. The fraction of sp³-hybridized carbons (Fsp3) is 0.333. The van der Waals surface area contributed by atoms with E-state index in [4.69, 9.17) is 16.3 Å². The number of benzene rings is 1. The quantitative estimate of drug-likeness (QED) is 0.559. The molecule has 1 fully saturated rings. The van der Waals surface area contributed by atoms with Gasteiger partial charge in [-0.3, -0.25) is 9.78 Å². The lowest BCUT2D eigenvalue weighted by molar-refractivity contribution is -0.134. The molecule has 1 aromatic carbocycles. The molecule has 0 bridgehead atoms. The highest BCUT2D eigenvalue weighted by molar-refractivity contribution is 7.89. The van der Waals surface area contributed by atoms with E-state index in [9.17, 15) is 13.2 Å². The van der Waals surface area contributed by atoms with Crippen molar-refractivity contribution in [2.45, 2.75) is 18.7 Å². The molecule has 0 N–H and O–H groups in total. The molecule has 3 heterocycles. The first-order valence-corrected chi connectivity index (χ1v) is 12.4. The summed E-state index contributed by atoms with van der Waals surface area (Å²) in [6, 6.07) is 8.75. The van der Waals surface area contributed by atoms with E-state index in [0.717, 1.165) is 15.1 Å². The molecule has 31 heavy (non-hydrogen) atoms. The van der Waals surface area contributed by atoms with E-state index in [1.54, 1.807) is 35.4 Å². The van der Waals surface area contributed by atoms with E-state index < -0.39 is 10.0 Å². The maximum absolute atomic E-state index is 12.9. The number of hydrogen-bond acceptors (Lipinski definition) is 6. The fourth-order valence-corrected chi connectivity index (χ4v) is 6.80. The van der Waals surface area contributed by atoms with Gasteiger partial charge in [-0.2, -0.15) is 4.31 Å². The van der Waals surface area contributed by atoms with Crippen LogP contribution in [0.15, 0.2) is 41.4 Å². The van der Waals surface area contributed by atoms with Crippen molar-refractivity contribution in [1.29, 1.82) is 0 Å². The minimum Gasteiger partial charge on any atom is -0.481 e. The Balaban J connectivity index is 1.38. The van der Waals surface area contributed by atoms with E-state index in [0.29, 0.717) is 34.3 Å². The summed E-state index contributed by atoms with van der Waals surface area (Å²) >= 11 is 7.67. The molecule has 0 aliphatic carbocycles. The van der Waals surface area contributed by atoms with Crippen LogP contribution in [0.3, 0.4) is 0 Å². The number of carbonyl (C=O) groups is 1. The molecule has 0 radical (unpaired) electrons. The molecular formula is C21H22ClN3O4S2. The standard InChI is InChI=1S/C21H22ClN3O4S2/c1-14-12-19(15(2)30-14)31(27,28)25-10-8-24(9-11-25)20(26)13-29-18-6-5-17(22)16-4-3-7-23-21(16)18/h3-7,12H,8-11,13H2,1-2H3. The Morgan fingerprint density at radius 2 is 1.94 bits per heavy atom. The minimum absolute atomic E-state index is 0.150. The molecule has 0 saturated carbocycles. The number of aromatic nitrogens is 1. The van der Waals surface area contributed by atoms with Gasteiger partial charge in [-0.05, 0) is 44.2 Å². The van der Waals surface area contributed by atoms with Gasteiger partial charge in [-0.25, -0.2) is 8.42 Å². The number of ether oxygens (including phenoxy) is 1. The van der Waals surface area contributed by atoms with Gasteiger partial charge in [0.05, 0.1) is 9.92 Å². The lowest BCUT2D eigenvalue weighted by atomic mass is 10.2. The van der Waals surface area contributed by atoms with E-state index >= 15 is 0 Å². The Bertz CT molecular complexity index is 1230. The van der Waals surface area contributed by atoms with Crippen molar-refractivity contribution in [2.75, 3.05) is 32.8 Å². The number of carbonyl (C=O) groups excluding carboxylic acids is 1. The van der Waals surface area contributed by atoms with Crippen LogP contribution in [0, 0.1) is 13.8 Å². The summed E-state index contributed by atoms with van der Waals surface area (Å²) in [5.74, 6) is 0.288. The number of sulfonamides is 1. The average Bonchev–Trinajstić information content (AvgIpc) is 3.12. The van der Waals surface area contributed by atoms with Gasteiger partial charge in [0.25, 0.3) is 5.91 Å². The summed E-state index contributed by atoms with van der Waals surface area (Å²) in [5, 5.41) is 1.32. The smallest absolute Gasteiger partial charge is 0.260 e. The van der Waals surface area contributed by atoms with Crippen molar-refractivity contribution in [3.8, 4) is 5.75 Å². The monoisotopic (exact) mass is 479 g/mol. The molecule has 0 spiro atoms. The van der Waals surface area contributed by atoms with Gasteiger partial charge >= 0.3 is 0 Å². The summed E-state index contributed by atoms with van der Waals surface area (Å²) in [6.07, 6.45) is 1.64. The highest BCUT2D eigenvalue weighted by Crippen LogP contribution is 2.30. The average molecular weight is 480 g/mol. The SMILES string of the molecule is Cc1cc(S(=O)(=O)N2CCN(C(=O)COc3ccc(Cl)c4cccnc34)CC2)c(C)s1. The van der Waals surface area contributed by atoms with Gasteiger partial charge in [0, 0.05) is 47.5 Å². The zero-order valence-electron chi connectivity index (χ0n) is 17.2. The van der Waals surface area contributed by atoms with Gasteiger partial charge in [0.15, 0.2) is 6.61 Å². The van der Waals surface area contributed by atoms with Crippen LogP contribution in [0.4, 0.5) is 0 Å². The first-order valence-electron chi connectivity index (χ1n) is 9.78. The van der Waals surface area contributed by atoms with Crippen LogP contribution in [-0.4, -0.2) is 61.3 Å². The largest absolute Gasteiger partial charge is 0.481 e. The maximum atomic E-state index is 12.9. The zero-order valence-corrected chi connectivity index (χ0v) is 19.6. The van der Waals surface area contributed by atoms with Crippen molar-refractivity contribution >= 4 is 49.8 Å². The molecule has 1 aliphatic heterocycles. The number of amides is 1. The second kappa shape index (κ2) is 8.74. The summed E-state index contributed by atoms with van der Waals surface area (Å²) in [4.78, 5) is 20.7. The molecule has 2 aromatic heterocycles. The highest BCUT2D eigenvalue weighted by Gasteiger charge is 2.32. The van der Waals surface area contributed by atoms with Crippen LogP contribution in [0.5, 0.6) is 5.75 Å². The Labute approximate surface area is 190 Å². The molecule has 3 aromatic rings. The number of piperazine rings is 1. The van der Waals surface area contributed by atoms with Crippen molar-refractivity contribution in [3.05, 3.63) is 51.3 Å². The van der Waals surface area contributed by atoms with Gasteiger partial charge in [-0.1, -0.05) is 11.6 Å². The van der Waals surface area contributed by atoms with Crippen molar-refractivity contribution in [1.82, 2.24) is 14.2 Å². The number of aryl methyl sites for hydroxylation is 2. The number of hydrogen-bond donors (Lipinski definition) is 0. The second-order valence-corrected chi connectivity index (χ2v) is 11.1. The van der Waals surface area contributed by atoms with Crippen LogP contribution in [0.25, 0.3) is 10.9 Å². The first-order chi connectivity index (χ1) is 14.8. The summed E-state index contributed by atoms with van der Waals surface area (Å²) in [7, 11) is -3.55. The van der Waals surface area contributed by atoms with Gasteiger partial charge < -0.3 is 9.64 Å². The predicted molar refractivity (Wildman–Crippen MR) is 121 cm³/mol. The molecule has 4 rings (SSSR count). The predicted octanol–water partition coefficient (Wildman–Crippen LogP) is 3.48. The first kappa shape index (κ1) is 22.0. The molecule has 0 unspecified atom stereocenters. The van der Waals surface area contributed by atoms with Gasteiger partial charge in [-0.15, -0.1) is 11.3 Å². The number of rotatable bonds is 5. The lowest BCUT2D eigenvalue weighted by Gasteiger charge is -2.34. The molecule has 7 nitrogen and oxygen atoms in total. The van der Waals surface area contributed by atoms with Gasteiger partial charge in [0.1, 0.15) is 11.3 Å². The molecule has 1 aliphatic rings. The Morgan fingerprint density at radius 1 is 1.19 bits per heavy atom. The summed E-state index contributed by atoms with van der Waals surface area (Å²) < 4.78 is 33.1. The van der Waals surface area contributed by atoms with Gasteiger partial charge in [0.2, 0.25) is 10.0 Å². The lowest BCUT2D eigenvalue weighted by Crippen LogP contribution is -2.51. The summed E-state index contributed by atoms with van der Waals surface area (Å²) in [5.41, 5.74) is 0.597. The zero-order chi connectivity index (χ0) is 22.2. The maximum Gasteiger partial charge on any atom is 0.260 e. The third-order valence-corrected chi connectivity index (χ3v) is 8.68. The van der Waals surface area contributed by atoms with Crippen LogP contribution in [0.2, 0.25) is 5.02 Å². The Morgan fingerprint density at radius 3 is 2.61 bits per heavy atom. The Hall–Kier alpha value is -2.20. The molecular weight excluding hydrogens is 458 g/mol. The van der Waals surface area contributed by atoms with Crippen LogP contribution in [0.1, 0.15) is 9.75 Å².